The van der Waals surface area contributed by atoms with Gasteiger partial charge in [-0.05, 0) is 33.1 Å². The molecule has 2 aromatic rings. The molecule has 0 bridgehead atoms. The van der Waals surface area contributed by atoms with Crippen molar-refractivity contribution >= 4 is 22.0 Å². The topological polar surface area (TPSA) is 51.2 Å². The first kappa shape index (κ1) is 13.5. The Morgan fingerprint density at radius 2 is 1.95 bits per heavy atom. The van der Waals surface area contributed by atoms with Gasteiger partial charge in [0.15, 0.2) is 0 Å². The van der Waals surface area contributed by atoms with E-state index in [1.165, 1.54) is 0 Å². The van der Waals surface area contributed by atoms with Crippen LogP contribution in [-0.4, -0.2) is 11.1 Å². The summed E-state index contributed by atoms with van der Waals surface area (Å²) in [5.74, 6) is 0. The SMILES string of the molecule is O=C(NCc1ccc(Br)nc1)OCc1ccccc1. The predicted octanol–water partition coefficient (Wildman–Crippen LogP) is 3.27. The average molecular weight is 321 g/mol. The number of hydrogen-bond acceptors (Lipinski definition) is 3. The third-order valence-corrected chi connectivity index (χ3v) is 2.91. The largest absolute Gasteiger partial charge is 0.445 e. The van der Waals surface area contributed by atoms with Crippen molar-refractivity contribution in [2.75, 3.05) is 0 Å². The number of benzene rings is 1. The number of carbonyl (C=O) groups is 1. The van der Waals surface area contributed by atoms with E-state index in [4.69, 9.17) is 4.74 Å². The van der Waals surface area contributed by atoms with Gasteiger partial charge in [0.25, 0.3) is 0 Å². The zero-order valence-electron chi connectivity index (χ0n) is 10.2. The van der Waals surface area contributed by atoms with Crippen molar-refractivity contribution in [3.8, 4) is 0 Å². The molecule has 19 heavy (non-hydrogen) atoms. The Kier molecular flexibility index (Phi) is 4.92. The number of amides is 1. The highest BCUT2D eigenvalue weighted by atomic mass is 79.9. The fraction of sp³-hybridized carbons (Fsp3) is 0.143. The summed E-state index contributed by atoms with van der Waals surface area (Å²) in [6.45, 7) is 0.666. The molecule has 1 N–H and O–H groups in total. The molecule has 2 rings (SSSR count). The molecule has 0 aliphatic rings. The number of nitrogens with one attached hydrogen (secondary N) is 1. The van der Waals surface area contributed by atoms with Gasteiger partial charge in [0, 0.05) is 12.7 Å². The highest BCUT2D eigenvalue weighted by molar-refractivity contribution is 9.10. The molecular formula is C14H13BrN2O2. The lowest BCUT2D eigenvalue weighted by molar-refractivity contribution is 0.139. The van der Waals surface area contributed by atoms with Crippen LogP contribution in [0.4, 0.5) is 4.79 Å². The minimum Gasteiger partial charge on any atom is -0.445 e. The first-order valence-electron chi connectivity index (χ1n) is 5.79. The van der Waals surface area contributed by atoms with Crippen LogP contribution in [0.5, 0.6) is 0 Å². The molecule has 1 aromatic carbocycles. The fourth-order valence-corrected chi connectivity index (χ4v) is 1.69. The van der Waals surface area contributed by atoms with Crippen molar-refractivity contribution in [1.29, 1.82) is 0 Å². The summed E-state index contributed by atoms with van der Waals surface area (Å²) in [7, 11) is 0. The standard InChI is InChI=1S/C14H13BrN2O2/c15-13-7-6-12(8-16-13)9-17-14(18)19-10-11-4-2-1-3-5-11/h1-8H,9-10H2,(H,17,18). The molecule has 0 unspecified atom stereocenters. The number of nitrogens with zero attached hydrogens (tertiary/aromatic N) is 1. The van der Waals surface area contributed by atoms with E-state index in [-0.39, 0.29) is 6.61 Å². The predicted molar refractivity (Wildman–Crippen MR) is 75.4 cm³/mol. The molecule has 1 aromatic heterocycles. The maximum absolute atomic E-state index is 11.5. The highest BCUT2D eigenvalue weighted by Gasteiger charge is 2.02. The van der Waals surface area contributed by atoms with Gasteiger partial charge >= 0.3 is 6.09 Å². The van der Waals surface area contributed by atoms with E-state index < -0.39 is 6.09 Å². The van der Waals surface area contributed by atoms with Crippen molar-refractivity contribution in [1.82, 2.24) is 10.3 Å². The van der Waals surface area contributed by atoms with Gasteiger partial charge in [0.05, 0.1) is 0 Å². The van der Waals surface area contributed by atoms with Crippen molar-refractivity contribution in [2.45, 2.75) is 13.2 Å². The first-order valence-corrected chi connectivity index (χ1v) is 6.58. The minimum atomic E-state index is -0.438. The Hall–Kier alpha value is -1.88. The lowest BCUT2D eigenvalue weighted by Crippen LogP contribution is -2.23. The van der Waals surface area contributed by atoms with Crippen LogP contribution in [0.3, 0.4) is 0 Å². The number of alkyl carbamates (subject to hydrolysis) is 1. The average Bonchev–Trinajstić information content (AvgIpc) is 2.45. The van der Waals surface area contributed by atoms with Crippen molar-refractivity contribution in [3.05, 3.63) is 64.4 Å². The maximum atomic E-state index is 11.5. The monoisotopic (exact) mass is 320 g/mol. The van der Waals surface area contributed by atoms with E-state index in [1.807, 2.05) is 42.5 Å². The number of carbonyl (C=O) groups excluding carboxylic acids is 1. The van der Waals surface area contributed by atoms with Gasteiger partial charge in [-0.1, -0.05) is 36.4 Å². The molecule has 1 heterocycles. The number of rotatable bonds is 4. The van der Waals surface area contributed by atoms with E-state index in [2.05, 4.69) is 26.2 Å². The maximum Gasteiger partial charge on any atom is 0.407 e. The molecular weight excluding hydrogens is 308 g/mol. The lowest BCUT2D eigenvalue weighted by Gasteiger charge is -2.07. The second-order valence-corrected chi connectivity index (χ2v) is 4.72. The second-order valence-electron chi connectivity index (χ2n) is 3.90. The molecule has 0 aliphatic heterocycles. The van der Waals surface area contributed by atoms with E-state index in [0.29, 0.717) is 6.54 Å². The number of halogens is 1. The van der Waals surface area contributed by atoms with Crippen LogP contribution < -0.4 is 5.32 Å². The summed E-state index contributed by atoms with van der Waals surface area (Å²) in [4.78, 5) is 15.6. The summed E-state index contributed by atoms with van der Waals surface area (Å²) in [6.07, 6.45) is 1.26. The Bertz CT molecular complexity index is 529. The fourth-order valence-electron chi connectivity index (χ4n) is 1.46. The summed E-state index contributed by atoms with van der Waals surface area (Å²) in [6, 6.07) is 13.3. The first-order chi connectivity index (χ1) is 9.24. The Morgan fingerprint density at radius 3 is 2.63 bits per heavy atom. The molecule has 0 saturated heterocycles. The van der Waals surface area contributed by atoms with Crippen LogP contribution in [-0.2, 0) is 17.9 Å². The van der Waals surface area contributed by atoms with Crippen LogP contribution in [0.1, 0.15) is 11.1 Å². The Morgan fingerprint density at radius 1 is 1.16 bits per heavy atom. The normalized spacial score (nSPS) is 9.95. The van der Waals surface area contributed by atoms with E-state index in [0.717, 1.165) is 15.7 Å². The van der Waals surface area contributed by atoms with Crippen molar-refractivity contribution < 1.29 is 9.53 Å². The number of ether oxygens (including phenoxy) is 1. The zero-order chi connectivity index (χ0) is 13.5. The van der Waals surface area contributed by atoms with Gasteiger partial charge in [0.2, 0.25) is 0 Å². The number of aromatic nitrogens is 1. The molecule has 0 radical (unpaired) electrons. The van der Waals surface area contributed by atoms with Crippen molar-refractivity contribution in [2.24, 2.45) is 0 Å². The summed E-state index contributed by atoms with van der Waals surface area (Å²) in [5, 5.41) is 2.67. The zero-order valence-corrected chi connectivity index (χ0v) is 11.8. The van der Waals surface area contributed by atoms with Crippen LogP contribution in [0.15, 0.2) is 53.3 Å². The quantitative estimate of drug-likeness (QED) is 0.879. The van der Waals surface area contributed by atoms with Gasteiger partial charge in [-0.25, -0.2) is 9.78 Å². The van der Waals surface area contributed by atoms with Crippen LogP contribution in [0, 0.1) is 0 Å². The van der Waals surface area contributed by atoms with Crippen LogP contribution in [0.25, 0.3) is 0 Å². The molecule has 98 valence electrons. The van der Waals surface area contributed by atoms with E-state index in [1.54, 1.807) is 6.20 Å². The smallest absolute Gasteiger partial charge is 0.407 e. The van der Waals surface area contributed by atoms with Crippen LogP contribution in [0.2, 0.25) is 0 Å². The third kappa shape index (κ3) is 4.71. The number of hydrogen-bond donors (Lipinski definition) is 1. The summed E-state index contributed by atoms with van der Waals surface area (Å²) < 4.78 is 5.86. The molecule has 0 saturated carbocycles. The highest BCUT2D eigenvalue weighted by Crippen LogP contribution is 2.06. The molecule has 0 fully saturated rings. The van der Waals surface area contributed by atoms with Crippen molar-refractivity contribution in [3.63, 3.8) is 0 Å². The molecule has 0 atom stereocenters. The molecule has 5 heteroatoms. The summed E-state index contributed by atoms with van der Waals surface area (Å²) in [5.41, 5.74) is 1.88. The van der Waals surface area contributed by atoms with Crippen LogP contribution >= 0.6 is 15.9 Å². The minimum absolute atomic E-state index is 0.269. The summed E-state index contributed by atoms with van der Waals surface area (Å²) >= 11 is 3.25. The molecule has 0 spiro atoms. The van der Waals surface area contributed by atoms with Gasteiger partial charge in [-0.15, -0.1) is 0 Å². The van der Waals surface area contributed by atoms with Gasteiger partial charge < -0.3 is 10.1 Å². The Balaban J connectivity index is 1.74. The molecule has 0 aliphatic carbocycles. The van der Waals surface area contributed by atoms with E-state index >= 15 is 0 Å². The Labute approximate surface area is 119 Å². The second kappa shape index (κ2) is 6.89. The lowest BCUT2D eigenvalue weighted by atomic mass is 10.2. The molecule has 1 amide bonds. The third-order valence-electron chi connectivity index (χ3n) is 2.44. The molecule has 4 nitrogen and oxygen atoms in total. The van der Waals surface area contributed by atoms with Gasteiger partial charge in [0.1, 0.15) is 11.2 Å². The van der Waals surface area contributed by atoms with Gasteiger partial charge in [-0.3, -0.25) is 0 Å². The number of pyridine rings is 1. The van der Waals surface area contributed by atoms with Gasteiger partial charge in [-0.2, -0.15) is 0 Å². The van der Waals surface area contributed by atoms with E-state index in [9.17, 15) is 4.79 Å².